The molecular weight excluding hydrogens is 294 g/mol. The van der Waals surface area contributed by atoms with Crippen LogP contribution in [0.5, 0.6) is 0 Å². The number of carbonyl (C=O) groups excluding carboxylic acids is 3. The second kappa shape index (κ2) is 6.40. The number of nitrogens with one attached hydrogen (secondary N) is 2. The molecule has 2 aliphatic rings. The lowest BCUT2D eigenvalue weighted by atomic mass is 9.99. The van der Waals surface area contributed by atoms with E-state index in [0.717, 1.165) is 24.1 Å². The van der Waals surface area contributed by atoms with Gasteiger partial charge in [0.1, 0.15) is 0 Å². The van der Waals surface area contributed by atoms with Crippen LogP contribution in [0, 0.1) is 0 Å². The zero-order valence-corrected chi connectivity index (χ0v) is 13.2. The molecule has 2 heterocycles. The van der Waals surface area contributed by atoms with Crippen LogP contribution in [0.15, 0.2) is 18.2 Å². The molecule has 0 atom stereocenters. The van der Waals surface area contributed by atoms with Crippen LogP contribution in [0.2, 0.25) is 0 Å². The number of piperidine rings is 1. The number of hydrogen-bond donors (Lipinski definition) is 2. The van der Waals surface area contributed by atoms with Crippen molar-refractivity contribution in [2.24, 2.45) is 0 Å². The van der Waals surface area contributed by atoms with E-state index in [4.69, 9.17) is 0 Å². The van der Waals surface area contributed by atoms with E-state index in [-0.39, 0.29) is 23.8 Å². The summed E-state index contributed by atoms with van der Waals surface area (Å²) in [6, 6.07) is 5.49. The highest BCUT2D eigenvalue weighted by molar-refractivity contribution is 5.98. The summed E-state index contributed by atoms with van der Waals surface area (Å²) < 4.78 is 0. The van der Waals surface area contributed by atoms with Crippen molar-refractivity contribution in [3.05, 3.63) is 29.3 Å². The number of fused-ring (bicyclic) bond motifs is 1. The Morgan fingerprint density at radius 3 is 2.65 bits per heavy atom. The molecular formula is C17H21N3O3. The van der Waals surface area contributed by atoms with Crippen molar-refractivity contribution >= 4 is 23.4 Å². The SMILES string of the molecule is CC(=O)N1CCC(NC(=O)c2ccc3c(c2)CCC(=O)N3)CC1. The lowest BCUT2D eigenvalue weighted by Crippen LogP contribution is -2.46. The van der Waals surface area contributed by atoms with E-state index in [1.165, 1.54) is 0 Å². The van der Waals surface area contributed by atoms with E-state index in [2.05, 4.69) is 10.6 Å². The first kappa shape index (κ1) is 15.5. The number of carbonyl (C=O) groups is 3. The van der Waals surface area contributed by atoms with E-state index < -0.39 is 0 Å². The first-order valence-corrected chi connectivity index (χ1v) is 8.02. The van der Waals surface area contributed by atoms with Crippen LogP contribution in [0.25, 0.3) is 0 Å². The van der Waals surface area contributed by atoms with Gasteiger partial charge in [0.05, 0.1) is 0 Å². The number of hydrogen-bond acceptors (Lipinski definition) is 3. The van der Waals surface area contributed by atoms with Crippen LogP contribution < -0.4 is 10.6 Å². The van der Waals surface area contributed by atoms with Crippen molar-refractivity contribution in [2.45, 2.75) is 38.6 Å². The predicted octanol–water partition coefficient (Wildman–Crippen LogP) is 1.31. The molecule has 6 nitrogen and oxygen atoms in total. The Morgan fingerprint density at radius 2 is 1.96 bits per heavy atom. The van der Waals surface area contributed by atoms with E-state index in [0.29, 0.717) is 31.5 Å². The molecule has 3 amide bonds. The number of likely N-dealkylation sites (tertiary alicyclic amines) is 1. The molecule has 0 saturated carbocycles. The smallest absolute Gasteiger partial charge is 0.251 e. The number of benzene rings is 1. The largest absolute Gasteiger partial charge is 0.349 e. The van der Waals surface area contributed by atoms with Gasteiger partial charge in [0.15, 0.2) is 0 Å². The van der Waals surface area contributed by atoms with Gasteiger partial charge in [0, 0.05) is 43.7 Å². The maximum Gasteiger partial charge on any atom is 0.251 e. The highest BCUT2D eigenvalue weighted by Crippen LogP contribution is 2.23. The Morgan fingerprint density at radius 1 is 1.22 bits per heavy atom. The van der Waals surface area contributed by atoms with Crippen LogP contribution in [-0.4, -0.2) is 41.8 Å². The maximum atomic E-state index is 12.4. The van der Waals surface area contributed by atoms with Crippen molar-refractivity contribution < 1.29 is 14.4 Å². The van der Waals surface area contributed by atoms with Gasteiger partial charge in [-0.1, -0.05) is 0 Å². The van der Waals surface area contributed by atoms with Gasteiger partial charge in [-0.15, -0.1) is 0 Å². The molecule has 1 aromatic rings. The minimum atomic E-state index is -0.0917. The molecule has 2 aliphatic heterocycles. The van der Waals surface area contributed by atoms with Crippen molar-refractivity contribution in [2.75, 3.05) is 18.4 Å². The molecule has 0 aliphatic carbocycles. The standard InChI is InChI=1S/C17H21N3O3/c1-11(21)20-8-6-14(7-9-20)18-17(23)13-2-4-15-12(10-13)3-5-16(22)19-15/h2,4,10,14H,3,5-9H2,1H3,(H,18,23)(H,19,22). The van der Waals surface area contributed by atoms with E-state index in [1.807, 2.05) is 11.0 Å². The molecule has 23 heavy (non-hydrogen) atoms. The van der Waals surface area contributed by atoms with Crippen LogP contribution in [0.4, 0.5) is 5.69 Å². The summed E-state index contributed by atoms with van der Waals surface area (Å²) in [6.45, 7) is 2.96. The molecule has 0 aromatic heterocycles. The van der Waals surface area contributed by atoms with Crippen LogP contribution in [0.1, 0.15) is 42.1 Å². The van der Waals surface area contributed by atoms with Crippen LogP contribution >= 0.6 is 0 Å². The normalized spacial score (nSPS) is 18.1. The molecule has 1 saturated heterocycles. The highest BCUT2D eigenvalue weighted by Gasteiger charge is 2.23. The zero-order valence-electron chi connectivity index (χ0n) is 13.2. The average molecular weight is 315 g/mol. The van der Waals surface area contributed by atoms with E-state index in [1.54, 1.807) is 19.1 Å². The fourth-order valence-corrected chi connectivity index (χ4v) is 3.13. The average Bonchev–Trinajstić information content (AvgIpc) is 2.54. The first-order chi connectivity index (χ1) is 11.0. The summed E-state index contributed by atoms with van der Waals surface area (Å²) in [7, 11) is 0. The molecule has 6 heteroatoms. The Kier molecular flexibility index (Phi) is 4.32. The lowest BCUT2D eigenvalue weighted by Gasteiger charge is -2.31. The quantitative estimate of drug-likeness (QED) is 0.864. The van der Waals surface area contributed by atoms with Gasteiger partial charge in [-0.2, -0.15) is 0 Å². The zero-order chi connectivity index (χ0) is 16.4. The number of anilines is 1. The van der Waals surface area contributed by atoms with Gasteiger partial charge < -0.3 is 15.5 Å². The monoisotopic (exact) mass is 315 g/mol. The molecule has 1 fully saturated rings. The van der Waals surface area contributed by atoms with E-state index >= 15 is 0 Å². The molecule has 0 spiro atoms. The number of amides is 3. The van der Waals surface area contributed by atoms with Gasteiger partial charge in [0.25, 0.3) is 5.91 Å². The third-order valence-corrected chi connectivity index (χ3v) is 4.54. The predicted molar refractivity (Wildman–Crippen MR) is 86.1 cm³/mol. The van der Waals surface area contributed by atoms with Gasteiger partial charge in [0.2, 0.25) is 11.8 Å². The van der Waals surface area contributed by atoms with Crippen LogP contribution in [-0.2, 0) is 16.0 Å². The van der Waals surface area contributed by atoms with Crippen molar-refractivity contribution in [1.82, 2.24) is 10.2 Å². The highest BCUT2D eigenvalue weighted by atomic mass is 16.2. The fourth-order valence-electron chi connectivity index (χ4n) is 3.13. The third kappa shape index (κ3) is 3.52. The molecule has 0 radical (unpaired) electrons. The molecule has 3 rings (SSSR count). The molecule has 1 aromatic carbocycles. The number of aryl methyl sites for hydroxylation is 1. The molecule has 2 N–H and O–H groups in total. The van der Waals surface area contributed by atoms with Gasteiger partial charge in [-0.3, -0.25) is 14.4 Å². The summed E-state index contributed by atoms with van der Waals surface area (Å²) in [6.07, 6.45) is 2.69. The van der Waals surface area contributed by atoms with Gasteiger partial charge in [-0.05, 0) is 43.0 Å². The molecule has 122 valence electrons. The van der Waals surface area contributed by atoms with Gasteiger partial charge in [-0.25, -0.2) is 0 Å². The minimum absolute atomic E-state index is 0.0203. The third-order valence-electron chi connectivity index (χ3n) is 4.54. The van der Waals surface area contributed by atoms with Gasteiger partial charge >= 0.3 is 0 Å². The number of nitrogens with zero attached hydrogens (tertiary/aromatic N) is 1. The summed E-state index contributed by atoms with van der Waals surface area (Å²) in [5, 5.41) is 5.86. The first-order valence-electron chi connectivity index (χ1n) is 8.02. The minimum Gasteiger partial charge on any atom is -0.349 e. The van der Waals surface area contributed by atoms with Crippen LogP contribution in [0.3, 0.4) is 0 Å². The van der Waals surface area contributed by atoms with Crippen molar-refractivity contribution in [3.8, 4) is 0 Å². The number of rotatable bonds is 2. The maximum absolute atomic E-state index is 12.4. The Bertz CT molecular complexity index is 648. The summed E-state index contributed by atoms with van der Waals surface area (Å²) in [4.78, 5) is 36.9. The Labute approximate surface area is 135 Å². The van der Waals surface area contributed by atoms with Crippen molar-refractivity contribution in [1.29, 1.82) is 0 Å². The Hall–Kier alpha value is -2.37. The molecule has 0 unspecified atom stereocenters. The summed E-state index contributed by atoms with van der Waals surface area (Å²) in [5.41, 5.74) is 2.42. The molecule has 0 bridgehead atoms. The second-order valence-electron chi connectivity index (χ2n) is 6.17. The summed E-state index contributed by atoms with van der Waals surface area (Å²) in [5.74, 6) is 0.0180. The fraction of sp³-hybridized carbons (Fsp3) is 0.471. The second-order valence-corrected chi connectivity index (χ2v) is 6.17. The van der Waals surface area contributed by atoms with Crippen molar-refractivity contribution in [3.63, 3.8) is 0 Å². The lowest BCUT2D eigenvalue weighted by molar-refractivity contribution is -0.129. The summed E-state index contributed by atoms with van der Waals surface area (Å²) >= 11 is 0. The topological polar surface area (TPSA) is 78.5 Å². The Balaban J connectivity index is 1.61. The van der Waals surface area contributed by atoms with E-state index in [9.17, 15) is 14.4 Å².